The normalized spacial score (nSPS) is 32.9. The molecule has 0 aromatic rings. The summed E-state index contributed by atoms with van der Waals surface area (Å²) in [6.07, 6.45) is 2.87. The first-order valence-corrected chi connectivity index (χ1v) is 5.12. The standard InChI is InChI=1S/C11H12O5/c1-7(12)16-8-2-3-9(13)11(6-8)4-5-15-10(11)14/h2-3,8H,4-6H2,1H3/t8-,11-/m0/s1. The largest absolute Gasteiger partial charge is 0.465 e. The van der Waals surface area contributed by atoms with Crippen molar-refractivity contribution in [2.24, 2.45) is 5.41 Å². The van der Waals surface area contributed by atoms with Crippen molar-refractivity contribution in [2.75, 3.05) is 6.61 Å². The van der Waals surface area contributed by atoms with Crippen molar-refractivity contribution in [3.63, 3.8) is 0 Å². The number of carbonyl (C=O) groups excluding carboxylic acids is 3. The van der Waals surface area contributed by atoms with Gasteiger partial charge in [0.1, 0.15) is 11.5 Å². The zero-order valence-electron chi connectivity index (χ0n) is 8.89. The molecule has 2 aliphatic rings. The van der Waals surface area contributed by atoms with Gasteiger partial charge in [-0.3, -0.25) is 14.4 Å². The van der Waals surface area contributed by atoms with Crippen molar-refractivity contribution in [3.8, 4) is 0 Å². The monoisotopic (exact) mass is 224 g/mol. The molecule has 0 amide bonds. The van der Waals surface area contributed by atoms with Crippen LogP contribution in [0.25, 0.3) is 0 Å². The molecule has 5 heteroatoms. The summed E-state index contributed by atoms with van der Waals surface area (Å²) in [5, 5.41) is 0. The number of hydrogen-bond donors (Lipinski definition) is 0. The zero-order valence-corrected chi connectivity index (χ0v) is 8.89. The molecule has 0 bridgehead atoms. The number of cyclic esters (lactones) is 1. The minimum absolute atomic E-state index is 0.195. The minimum atomic E-state index is -1.12. The Hall–Kier alpha value is -1.65. The molecular formula is C11H12O5. The molecule has 0 aromatic carbocycles. The van der Waals surface area contributed by atoms with Crippen LogP contribution < -0.4 is 0 Å². The van der Waals surface area contributed by atoms with E-state index in [4.69, 9.17) is 9.47 Å². The lowest BCUT2D eigenvalue weighted by Crippen LogP contribution is -2.41. The van der Waals surface area contributed by atoms with E-state index in [0.717, 1.165) is 0 Å². The fraction of sp³-hybridized carbons (Fsp3) is 0.545. The molecule has 1 heterocycles. The summed E-state index contributed by atoms with van der Waals surface area (Å²) < 4.78 is 9.82. The maximum absolute atomic E-state index is 11.7. The van der Waals surface area contributed by atoms with Gasteiger partial charge in [-0.05, 0) is 12.2 Å². The quantitative estimate of drug-likeness (QED) is 0.475. The van der Waals surface area contributed by atoms with Crippen molar-refractivity contribution >= 4 is 17.7 Å². The minimum Gasteiger partial charge on any atom is -0.465 e. The topological polar surface area (TPSA) is 69.7 Å². The van der Waals surface area contributed by atoms with Crippen LogP contribution >= 0.6 is 0 Å². The smallest absolute Gasteiger partial charge is 0.320 e. The van der Waals surface area contributed by atoms with Crippen LogP contribution in [0.5, 0.6) is 0 Å². The average Bonchev–Trinajstić information content (AvgIpc) is 2.55. The third kappa shape index (κ3) is 1.62. The Bertz CT molecular complexity index is 384. The van der Waals surface area contributed by atoms with Crippen LogP contribution in [0.3, 0.4) is 0 Å². The fourth-order valence-electron chi connectivity index (χ4n) is 2.13. The third-order valence-corrected chi connectivity index (χ3v) is 2.95. The number of ketones is 1. The molecule has 1 aliphatic carbocycles. The van der Waals surface area contributed by atoms with Crippen molar-refractivity contribution in [3.05, 3.63) is 12.2 Å². The lowest BCUT2D eigenvalue weighted by Gasteiger charge is -2.28. The molecular weight excluding hydrogens is 212 g/mol. The molecule has 0 unspecified atom stereocenters. The van der Waals surface area contributed by atoms with Gasteiger partial charge in [0.2, 0.25) is 0 Å². The van der Waals surface area contributed by atoms with Gasteiger partial charge in [0.05, 0.1) is 6.61 Å². The van der Waals surface area contributed by atoms with Crippen molar-refractivity contribution in [2.45, 2.75) is 25.9 Å². The number of rotatable bonds is 1. The number of esters is 2. The number of hydrogen-bond acceptors (Lipinski definition) is 5. The molecule has 1 fully saturated rings. The van der Waals surface area contributed by atoms with Crippen LogP contribution in [-0.2, 0) is 23.9 Å². The van der Waals surface area contributed by atoms with Gasteiger partial charge in [-0.2, -0.15) is 0 Å². The first-order chi connectivity index (χ1) is 7.54. The Morgan fingerprint density at radius 1 is 1.56 bits per heavy atom. The molecule has 2 rings (SSSR count). The van der Waals surface area contributed by atoms with Gasteiger partial charge in [0.25, 0.3) is 0 Å². The van der Waals surface area contributed by atoms with Gasteiger partial charge in [-0.25, -0.2) is 0 Å². The first kappa shape index (κ1) is 10.9. The Kier molecular flexibility index (Phi) is 2.53. The highest BCUT2D eigenvalue weighted by atomic mass is 16.5. The highest BCUT2D eigenvalue weighted by molar-refractivity contribution is 6.10. The SMILES string of the molecule is CC(=O)O[C@H]1C=CC(=O)[C@]2(CCOC2=O)C1. The predicted octanol–water partition coefficient (Wildman–Crippen LogP) is 0.380. The number of allylic oxidation sites excluding steroid dienone is 1. The lowest BCUT2D eigenvalue weighted by molar-refractivity contribution is -0.156. The van der Waals surface area contributed by atoms with Crippen molar-refractivity contribution < 1.29 is 23.9 Å². The molecule has 0 N–H and O–H groups in total. The van der Waals surface area contributed by atoms with Gasteiger partial charge < -0.3 is 9.47 Å². The maximum atomic E-state index is 11.7. The summed E-state index contributed by atoms with van der Waals surface area (Å²) in [6.45, 7) is 1.55. The summed E-state index contributed by atoms with van der Waals surface area (Å²) in [6, 6.07) is 0. The fourth-order valence-corrected chi connectivity index (χ4v) is 2.13. The molecule has 1 saturated heterocycles. The van der Waals surface area contributed by atoms with Crippen LogP contribution in [0, 0.1) is 5.41 Å². The summed E-state index contributed by atoms with van der Waals surface area (Å²) in [7, 11) is 0. The van der Waals surface area contributed by atoms with Gasteiger partial charge in [0, 0.05) is 19.8 Å². The van der Waals surface area contributed by atoms with E-state index >= 15 is 0 Å². The summed E-state index contributed by atoms with van der Waals surface area (Å²) >= 11 is 0. The zero-order chi connectivity index (χ0) is 11.8. The van der Waals surface area contributed by atoms with Crippen LogP contribution in [0.1, 0.15) is 19.8 Å². The van der Waals surface area contributed by atoms with E-state index in [0.29, 0.717) is 6.42 Å². The third-order valence-electron chi connectivity index (χ3n) is 2.95. The van der Waals surface area contributed by atoms with E-state index in [1.54, 1.807) is 0 Å². The van der Waals surface area contributed by atoms with E-state index in [9.17, 15) is 14.4 Å². The summed E-state index contributed by atoms with van der Waals surface area (Å²) in [5.41, 5.74) is -1.12. The van der Waals surface area contributed by atoms with E-state index in [1.807, 2.05) is 0 Å². The number of carbonyl (C=O) groups is 3. The van der Waals surface area contributed by atoms with Crippen molar-refractivity contribution in [1.29, 1.82) is 0 Å². The van der Waals surface area contributed by atoms with Gasteiger partial charge in [-0.1, -0.05) is 0 Å². The van der Waals surface area contributed by atoms with Crippen LogP contribution in [-0.4, -0.2) is 30.4 Å². The van der Waals surface area contributed by atoms with Crippen LogP contribution in [0.2, 0.25) is 0 Å². The predicted molar refractivity (Wildman–Crippen MR) is 52.3 cm³/mol. The average molecular weight is 224 g/mol. The van der Waals surface area contributed by atoms with Crippen LogP contribution in [0.4, 0.5) is 0 Å². The summed E-state index contributed by atoms with van der Waals surface area (Å²) in [4.78, 5) is 34.1. The number of ether oxygens (including phenoxy) is 2. The van der Waals surface area contributed by atoms with Gasteiger partial charge >= 0.3 is 11.9 Å². The summed E-state index contributed by atoms with van der Waals surface area (Å²) in [5.74, 6) is -1.18. The molecule has 0 radical (unpaired) electrons. The van der Waals surface area contributed by atoms with E-state index < -0.39 is 23.5 Å². The molecule has 0 aromatic heterocycles. The highest BCUT2D eigenvalue weighted by Gasteiger charge is 2.52. The molecule has 0 saturated carbocycles. The van der Waals surface area contributed by atoms with Gasteiger partial charge in [-0.15, -0.1) is 0 Å². The molecule has 16 heavy (non-hydrogen) atoms. The molecule has 86 valence electrons. The van der Waals surface area contributed by atoms with Crippen molar-refractivity contribution in [1.82, 2.24) is 0 Å². The molecule has 5 nitrogen and oxygen atoms in total. The van der Waals surface area contributed by atoms with Gasteiger partial charge in [0.15, 0.2) is 5.78 Å². The Morgan fingerprint density at radius 2 is 2.31 bits per heavy atom. The second-order valence-electron chi connectivity index (χ2n) is 4.04. The molecule has 1 spiro atoms. The first-order valence-electron chi connectivity index (χ1n) is 5.12. The Labute approximate surface area is 92.4 Å². The highest BCUT2D eigenvalue weighted by Crippen LogP contribution is 2.39. The second-order valence-corrected chi connectivity index (χ2v) is 4.04. The maximum Gasteiger partial charge on any atom is 0.320 e. The van der Waals surface area contributed by atoms with Crippen LogP contribution in [0.15, 0.2) is 12.2 Å². The van der Waals surface area contributed by atoms with E-state index in [2.05, 4.69) is 0 Å². The van der Waals surface area contributed by atoms with E-state index in [1.165, 1.54) is 19.1 Å². The molecule has 1 aliphatic heterocycles. The lowest BCUT2D eigenvalue weighted by atomic mass is 9.74. The Morgan fingerprint density at radius 3 is 2.88 bits per heavy atom. The second kappa shape index (κ2) is 3.73. The molecule has 2 atom stereocenters. The van der Waals surface area contributed by atoms with E-state index in [-0.39, 0.29) is 18.8 Å². The Balaban J connectivity index is 2.22.